The van der Waals surface area contributed by atoms with E-state index in [1.807, 2.05) is 26.2 Å². The lowest BCUT2D eigenvalue weighted by atomic mass is 9.90. The summed E-state index contributed by atoms with van der Waals surface area (Å²) in [5.74, 6) is -0.147. The second-order valence-electron chi connectivity index (χ2n) is 6.01. The van der Waals surface area contributed by atoms with Crippen LogP contribution in [0.2, 0.25) is 0 Å². The van der Waals surface area contributed by atoms with Gasteiger partial charge in [-0.05, 0) is 37.0 Å². The number of aryl methyl sites for hydroxylation is 2. The highest BCUT2D eigenvalue weighted by Crippen LogP contribution is 2.33. The van der Waals surface area contributed by atoms with Gasteiger partial charge in [-0.25, -0.2) is 0 Å². The molecule has 0 aromatic carbocycles. The highest BCUT2D eigenvalue weighted by Gasteiger charge is 2.33. The summed E-state index contributed by atoms with van der Waals surface area (Å²) >= 11 is 0. The van der Waals surface area contributed by atoms with E-state index in [4.69, 9.17) is 4.74 Å². The second-order valence-corrected chi connectivity index (χ2v) is 6.01. The van der Waals surface area contributed by atoms with Crippen molar-refractivity contribution in [1.29, 1.82) is 0 Å². The van der Waals surface area contributed by atoms with E-state index in [-0.39, 0.29) is 17.9 Å². The molecule has 6 heteroatoms. The van der Waals surface area contributed by atoms with Crippen LogP contribution >= 0.6 is 0 Å². The molecule has 1 aliphatic heterocycles. The lowest BCUT2D eigenvalue weighted by Gasteiger charge is -2.30. The van der Waals surface area contributed by atoms with E-state index in [1.165, 1.54) is 0 Å². The Labute approximate surface area is 135 Å². The summed E-state index contributed by atoms with van der Waals surface area (Å²) in [6, 6.07) is 1.95. The van der Waals surface area contributed by atoms with Crippen LogP contribution in [-0.2, 0) is 23.1 Å². The minimum absolute atomic E-state index is 0.0295. The van der Waals surface area contributed by atoms with E-state index in [1.54, 1.807) is 23.3 Å². The summed E-state index contributed by atoms with van der Waals surface area (Å²) in [6.07, 6.45) is 8.77. The third-order valence-electron chi connectivity index (χ3n) is 4.31. The fraction of sp³-hybridized carbons (Fsp3) is 0.471. The topological polar surface area (TPSA) is 69.0 Å². The molecule has 6 nitrogen and oxygen atoms in total. The van der Waals surface area contributed by atoms with Gasteiger partial charge in [-0.3, -0.25) is 14.5 Å². The zero-order chi connectivity index (χ0) is 16.2. The number of nitrogens with one attached hydrogen (secondary N) is 1. The molecule has 0 aliphatic carbocycles. The first-order valence-corrected chi connectivity index (χ1v) is 7.92. The van der Waals surface area contributed by atoms with Crippen LogP contribution in [0.4, 0.5) is 0 Å². The number of carbonyl (C=O) groups excluding carboxylic acids is 1. The van der Waals surface area contributed by atoms with Crippen molar-refractivity contribution in [3.05, 3.63) is 47.5 Å². The molecular formula is C17H22N4O2. The number of pyridine rings is 1. The average Bonchev–Trinajstić information content (AvgIpc) is 3.00. The number of hydrogen-bond acceptors (Lipinski definition) is 4. The summed E-state index contributed by atoms with van der Waals surface area (Å²) in [4.78, 5) is 16.7. The molecular weight excluding hydrogens is 292 g/mol. The smallest absolute Gasteiger partial charge is 0.226 e. The van der Waals surface area contributed by atoms with Crippen LogP contribution in [0.25, 0.3) is 0 Å². The molecule has 2 aromatic heterocycles. The molecule has 3 heterocycles. The van der Waals surface area contributed by atoms with Crippen LogP contribution in [0.3, 0.4) is 0 Å². The molecule has 23 heavy (non-hydrogen) atoms. The zero-order valence-electron chi connectivity index (χ0n) is 13.5. The fourth-order valence-electron chi connectivity index (χ4n) is 2.96. The largest absolute Gasteiger partial charge is 0.373 e. The first kappa shape index (κ1) is 15.7. The molecule has 122 valence electrons. The molecule has 1 saturated heterocycles. The van der Waals surface area contributed by atoms with E-state index in [9.17, 15) is 4.79 Å². The molecule has 0 spiro atoms. The zero-order valence-corrected chi connectivity index (χ0v) is 13.5. The van der Waals surface area contributed by atoms with Gasteiger partial charge in [0.25, 0.3) is 0 Å². The van der Waals surface area contributed by atoms with Crippen LogP contribution in [-0.4, -0.2) is 27.3 Å². The predicted molar refractivity (Wildman–Crippen MR) is 85.4 cm³/mol. The van der Waals surface area contributed by atoms with Crippen LogP contribution < -0.4 is 5.32 Å². The van der Waals surface area contributed by atoms with Gasteiger partial charge in [0.2, 0.25) is 5.91 Å². The van der Waals surface area contributed by atoms with E-state index in [2.05, 4.69) is 15.4 Å². The summed E-state index contributed by atoms with van der Waals surface area (Å²) in [5, 5.41) is 7.22. The molecule has 0 unspecified atom stereocenters. The summed E-state index contributed by atoms with van der Waals surface area (Å²) in [5.41, 5.74) is 3.13. The van der Waals surface area contributed by atoms with Crippen molar-refractivity contribution in [2.75, 3.05) is 6.61 Å². The number of carbonyl (C=O) groups is 1. The van der Waals surface area contributed by atoms with Crippen molar-refractivity contribution >= 4 is 5.91 Å². The van der Waals surface area contributed by atoms with Gasteiger partial charge in [0.1, 0.15) is 0 Å². The number of hydrogen-bond donors (Lipinski definition) is 1. The maximum atomic E-state index is 12.6. The van der Waals surface area contributed by atoms with Crippen molar-refractivity contribution in [3.8, 4) is 0 Å². The Kier molecular flexibility index (Phi) is 4.71. The molecule has 2 atom stereocenters. The third-order valence-corrected chi connectivity index (χ3v) is 4.31. The SMILES string of the molecule is Cc1ccncc1CNC(=O)[C@@H]1CCCO[C@H]1c1cnn(C)c1. The van der Waals surface area contributed by atoms with Crippen molar-refractivity contribution < 1.29 is 9.53 Å². The molecule has 1 amide bonds. The van der Waals surface area contributed by atoms with E-state index in [0.717, 1.165) is 29.5 Å². The Hall–Kier alpha value is -2.21. The minimum Gasteiger partial charge on any atom is -0.373 e. The maximum absolute atomic E-state index is 12.6. The maximum Gasteiger partial charge on any atom is 0.226 e. The molecule has 0 saturated carbocycles. The van der Waals surface area contributed by atoms with Crippen LogP contribution in [0.1, 0.15) is 35.6 Å². The van der Waals surface area contributed by atoms with Gasteiger partial charge in [-0.15, -0.1) is 0 Å². The molecule has 0 bridgehead atoms. The normalized spacial score (nSPS) is 21.1. The molecule has 1 aliphatic rings. The predicted octanol–water partition coefficient (Wildman–Crippen LogP) is 1.91. The lowest BCUT2D eigenvalue weighted by molar-refractivity contribution is -0.134. The fourth-order valence-corrected chi connectivity index (χ4v) is 2.96. The molecule has 3 rings (SSSR count). The van der Waals surface area contributed by atoms with E-state index < -0.39 is 0 Å². The van der Waals surface area contributed by atoms with Crippen LogP contribution in [0.15, 0.2) is 30.9 Å². The van der Waals surface area contributed by atoms with E-state index >= 15 is 0 Å². The molecule has 1 fully saturated rings. The van der Waals surface area contributed by atoms with Crippen molar-refractivity contribution in [1.82, 2.24) is 20.1 Å². The van der Waals surface area contributed by atoms with Crippen molar-refractivity contribution in [2.24, 2.45) is 13.0 Å². The van der Waals surface area contributed by atoms with Gasteiger partial charge in [-0.2, -0.15) is 5.10 Å². The van der Waals surface area contributed by atoms with E-state index in [0.29, 0.717) is 13.2 Å². The summed E-state index contributed by atoms with van der Waals surface area (Å²) in [7, 11) is 1.87. The average molecular weight is 314 g/mol. The Balaban J connectivity index is 1.68. The second kappa shape index (κ2) is 6.91. The lowest BCUT2D eigenvalue weighted by Crippen LogP contribution is -2.37. The van der Waals surface area contributed by atoms with Crippen LogP contribution in [0.5, 0.6) is 0 Å². The first-order chi connectivity index (χ1) is 11.1. The quantitative estimate of drug-likeness (QED) is 0.936. The Morgan fingerprint density at radius 1 is 1.48 bits per heavy atom. The number of ether oxygens (including phenoxy) is 1. The van der Waals surface area contributed by atoms with Gasteiger partial charge < -0.3 is 10.1 Å². The molecule has 1 N–H and O–H groups in total. The van der Waals surface area contributed by atoms with Gasteiger partial charge >= 0.3 is 0 Å². The highest BCUT2D eigenvalue weighted by atomic mass is 16.5. The first-order valence-electron chi connectivity index (χ1n) is 7.92. The summed E-state index contributed by atoms with van der Waals surface area (Å²) in [6.45, 7) is 3.20. The van der Waals surface area contributed by atoms with Gasteiger partial charge in [0.15, 0.2) is 0 Å². The Morgan fingerprint density at radius 3 is 3.09 bits per heavy atom. The number of rotatable bonds is 4. The Bertz CT molecular complexity index is 683. The monoisotopic (exact) mass is 314 g/mol. The number of aromatic nitrogens is 3. The third kappa shape index (κ3) is 3.59. The number of nitrogens with zero attached hydrogens (tertiary/aromatic N) is 3. The standard InChI is InChI=1S/C17H22N4O2/c1-12-5-6-18-8-13(12)9-19-17(22)15-4-3-7-23-16(15)14-10-20-21(2)11-14/h5-6,8,10-11,15-16H,3-4,7,9H2,1-2H3,(H,19,22)/t15-,16+/m1/s1. The van der Waals surface area contributed by atoms with Crippen LogP contribution in [0, 0.1) is 12.8 Å². The van der Waals surface area contributed by atoms with Gasteiger partial charge in [0, 0.05) is 44.4 Å². The highest BCUT2D eigenvalue weighted by molar-refractivity contribution is 5.79. The minimum atomic E-state index is -0.215. The summed E-state index contributed by atoms with van der Waals surface area (Å²) < 4.78 is 7.60. The molecule has 2 aromatic rings. The molecule has 0 radical (unpaired) electrons. The van der Waals surface area contributed by atoms with Gasteiger partial charge in [-0.1, -0.05) is 0 Å². The van der Waals surface area contributed by atoms with Gasteiger partial charge in [0.05, 0.1) is 18.2 Å². The van der Waals surface area contributed by atoms with Crippen molar-refractivity contribution in [2.45, 2.75) is 32.4 Å². The Morgan fingerprint density at radius 2 is 2.35 bits per heavy atom. The number of amides is 1. The van der Waals surface area contributed by atoms with Crippen molar-refractivity contribution in [3.63, 3.8) is 0 Å².